The molecule has 0 rings (SSSR count). The summed E-state index contributed by atoms with van der Waals surface area (Å²) in [5, 5.41) is 0. The van der Waals surface area contributed by atoms with E-state index >= 15 is 0 Å². The third kappa shape index (κ3) is 24.5. The lowest BCUT2D eigenvalue weighted by molar-refractivity contribution is -0.303. The summed E-state index contributed by atoms with van der Waals surface area (Å²) >= 11 is 0. The van der Waals surface area contributed by atoms with Gasteiger partial charge in [-0.25, -0.2) is 4.79 Å². The highest BCUT2D eigenvalue weighted by atomic mass is 19.4. The first kappa shape index (κ1) is 16.2. The number of hydrogen-bond donors (Lipinski definition) is 0. The van der Waals surface area contributed by atoms with Gasteiger partial charge in [0.25, 0.3) is 0 Å². The summed E-state index contributed by atoms with van der Waals surface area (Å²) in [6, 6.07) is 0. The van der Waals surface area contributed by atoms with Crippen LogP contribution in [0.5, 0.6) is 0 Å². The highest BCUT2D eigenvalue weighted by Gasteiger charge is 2.33. The van der Waals surface area contributed by atoms with E-state index in [0.29, 0.717) is 0 Å². The van der Waals surface area contributed by atoms with Crippen molar-refractivity contribution in [3.8, 4) is 0 Å². The first-order chi connectivity index (χ1) is 6.33. The van der Waals surface area contributed by atoms with E-state index in [1.165, 1.54) is 0 Å². The van der Waals surface area contributed by atoms with Gasteiger partial charge in [-0.15, -0.1) is 13.2 Å². The summed E-state index contributed by atoms with van der Waals surface area (Å²) in [7, 11) is 0. The lowest BCUT2D eigenvalue weighted by atomic mass is 10.4. The van der Waals surface area contributed by atoms with Crippen LogP contribution in [0.25, 0.3) is 0 Å². The van der Waals surface area contributed by atoms with Crippen LogP contribution in [0.3, 0.4) is 0 Å². The zero-order chi connectivity index (χ0) is 12.9. The maximum atomic E-state index is 11.2. The van der Waals surface area contributed by atoms with Crippen molar-refractivity contribution in [2.75, 3.05) is 0 Å². The minimum absolute atomic E-state index is 0.188. The van der Waals surface area contributed by atoms with Gasteiger partial charge >= 0.3 is 18.5 Å². The van der Waals surface area contributed by atoms with Crippen LogP contribution in [0.2, 0.25) is 0 Å². The van der Waals surface area contributed by atoms with Crippen molar-refractivity contribution in [3.63, 3.8) is 0 Å². The molecular weight excluding hydrogens is 230 g/mol. The highest BCUT2D eigenvalue weighted by molar-refractivity contribution is 5.87. The SMILES string of the molecule is C=C(C)C(=O)OC(F)(F)F.CC(F)(F)F. The average molecular weight is 238 g/mol. The van der Waals surface area contributed by atoms with E-state index in [2.05, 4.69) is 11.3 Å². The Hall–Kier alpha value is -1.21. The molecule has 0 aliphatic rings. The van der Waals surface area contributed by atoms with Crippen LogP contribution in [0.4, 0.5) is 26.3 Å². The maximum absolute atomic E-state index is 11.2. The lowest BCUT2D eigenvalue weighted by Crippen LogP contribution is -2.19. The van der Waals surface area contributed by atoms with Gasteiger partial charge in [0, 0.05) is 12.5 Å². The predicted molar refractivity (Wildman–Crippen MR) is 38.7 cm³/mol. The molecule has 0 aromatic rings. The predicted octanol–water partition coefficient (Wildman–Crippen LogP) is 3.19. The number of esters is 1. The molecule has 0 heterocycles. The smallest absolute Gasteiger partial charge is 0.369 e. The summed E-state index contributed by atoms with van der Waals surface area (Å²) in [6.45, 7) is 4.29. The quantitative estimate of drug-likeness (QED) is 0.398. The highest BCUT2D eigenvalue weighted by Crippen LogP contribution is 2.17. The zero-order valence-electron chi connectivity index (χ0n) is 7.79. The van der Waals surface area contributed by atoms with E-state index in [9.17, 15) is 31.1 Å². The molecule has 90 valence electrons. The molecule has 2 nitrogen and oxygen atoms in total. The van der Waals surface area contributed by atoms with Gasteiger partial charge in [-0.1, -0.05) is 6.58 Å². The second kappa shape index (κ2) is 5.62. The van der Waals surface area contributed by atoms with Gasteiger partial charge in [-0.05, 0) is 6.92 Å². The van der Waals surface area contributed by atoms with E-state index < -0.39 is 18.5 Å². The maximum Gasteiger partial charge on any atom is 0.575 e. The summed E-state index contributed by atoms with van der Waals surface area (Å²) in [4.78, 5) is 10.1. The zero-order valence-corrected chi connectivity index (χ0v) is 7.79. The first-order valence-electron chi connectivity index (χ1n) is 3.35. The Kier molecular flexibility index (Phi) is 6.08. The molecule has 0 bridgehead atoms. The second-order valence-corrected chi connectivity index (χ2v) is 2.40. The number of alkyl halides is 6. The van der Waals surface area contributed by atoms with Crippen LogP contribution in [-0.4, -0.2) is 18.5 Å². The van der Waals surface area contributed by atoms with Crippen LogP contribution in [0, 0.1) is 0 Å². The van der Waals surface area contributed by atoms with E-state index in [0.717, 1.165) is 6.92 Å². The fraction of sp³-hybridized carbons (Fsp3) is 0.571. The molecule has 0 N–H and O–H groups in total. The Balaban J connectivity index is 0. The molecule has 0 spiro atoms. The monoisotopic (exact) mass is 238 g/mol. The topological polar surface area (TPSA) is 26.3 Å². The molecule has 0 aliphatic carbocycles. The fourth-order valence-corrected chi connectivity index (χ4v) is 0.192. The first-order valence-corrected chi connectivity index (χ1v) is 3.35. The fourth-order valence-electron chi connectivity index (χ4n) is 0.192. The van der Waals surface area contributed by atoms with E-state index in [1.54, 1.807) is 0 Å². The summed E-state index contributed by atoms with van der Waals surface area (Å²) < 4.78 is 67.6. The van der Waals surface area contributed by atoms with E-state index in [4.69, 9.17) is 0 Å². The normalized spacial score (nSPS) is 11.2. The minimum Gasteiger partial charge on any atom is -0.369 e. The molecule has 0 unspecified atom stereocenters. The van der Waals surface area contributed by atoms with Crippen LogP contribution >= 0.6 is 0 Å². The van der Waals surface area contributed by atoms with Gasteiger partial charge in [0.05, 0.1) is 0 Å². The number of carbonyl (C=O) groups is 1. The van der Waals surface area contributed by atoms with Crippen molar-refractivity contribution in [2.24, 2.45) is 0 Å². The third-order valence-corrected chi connectivity index (χ3v) is 0.557. The molecule has 0 saturated heterocycles. The van der Waals surface area contributed by atoms with Crippen LogP contribution in [0.15, 0.2) is 12.2 Å². The van der Waals surface area contributed by atoms with Crippen LogP contribution < -0.4 is 0 Å². The number of hydrogen-bond acceptors (Lipinski definition) is 2. The van der Waals surface area contributed by atoms with Gasteiger partial charge in [0.1, 0.15) is 0 Å². The standard InChI is InChI=1S/C5H5F3O2.C2H3F3/c1-3(2)4(9)10-5(6,7)8;1-2(3,4)5/h1H2,2H3;1H3. The molecule has 0 amide bonds. The lowest BCUT2D eigenvalue weighted by Gasteiger charge is -2.05. The Morgan fingerprint density at radius 2 is 1.40 bits per heavy atom. The Morgan fingerprint density at radius 3 is 1.47 bits per heavy atom. The molecular formula is C7H8F6O2. The van der Waals surface area contributed by atoms with E-state index in [1.807, 2.05) is 0 Å². The van der Waals surface area contributed by atoms with Crippen LogP contribution in [-0.2, 0) is 9.53 Å². The molecule has 0 saturated carbocycles. The number of ether oxygens (including phenoxy) is 1. The second-order valence-electron chi connectivity index (χ2n) is 2.40. The summed E-state index contributed by atoms with van der Waals surface area (Å²) in [5.41, 5.74) is -0.280. The third-order valence-electron chi connectivity index (χ3n) is 0.557. The molecule has 0 atom stereocenters. The molecule has 15 heavy (non-hydrogen) atoms. The molecule has 0 aromatic heterocycles. The number of carbonyl (C=O) groups excluding carboxylic acids is 1. The number of halogens is 6. The summed E-state index contributed by atoms with van der Waals surface area (Å²) in [6.07, 6.45) is -8.91. The van der Waals surface area contributed by atoms with Crippen LogP contribution in [0.1, 0.15) is 13.8 Å². The molecule has 0 radical (unpaired) electrons. The molecule has 0 fully saturated rings. The Morgan fingerprint density at radius 1 is 1.13 bits per heavy atom. The Labute approximate surface area is 81.5 Å². The van der Waals surface area contributed by atoms with Crippen molar-refractivity contribution in [1.29, 1.82) is 0 Å². The molecule has 0 aromatic carbocycles. The van der Waals surface area contributed by atoms with E-state index in [-0.39, 0.29) is 12.5 Å². The number of rotatable bonds is 1. The van der Waals surface area contributed by atoms with Crippen molar-refractivity contribution < 1.29 is 35.9 Å². The van der Waals surface area contributed by atoms with Gasteiger partial charge < -0.3 is 4.74 Å². The van der Waals surface area contributed by atoms with Gasteiger partial charge in [0.2, 0.25) is 0 Å². The van der Waals surface area contributed by atoms with Crippen molar-refractivity contribution >= 4 is 5.97 Å². The van der Waals surface area contributed by atoms with Gasteiger partial charge in [0.15, 0.2) is 0 Å². The van der Waals surface area contributed by atoms with Gasteiger partial charge in [-0.2, -0.15) is 13.2 Å². The molecule has 0 aliphatic heterocycles. The Bertz CT molecular complexity index is 221. The van der Waals surface area contributed by atoms with Gasteiger partial charge in [-0.3, -0.25) is 0 Å². The average Bonchev–Trinajstić information content (AvgIpc) is 1.78. The molecule has 8 heteroatoms. The van der Waals surface area contributed by atoms with Crippen molar-refractivity contribution in [3.05, 3.63) is 12.2 Å². The summed E-state index contributed by atoms with van der Waals surface area (Å²) in [5.74, 6) is -1.45. The van der Waals surface area contributed by atoms with Crippen molar-refractivity contribution in [1.82, 2.24) is 0 Å². The minimum atomic E-state index is -4.91. The van der Waals surface area contributed by atoms with Crippen molar-refractivity contribution in [2.45, 2.75) is 26.4 Å². The largest absolute Gasteiger partial charge is 0.575 e.